The van der Waals surface area contributed by atoms with Crippen LogP contribution >= 0.6 is 23.2 Å². The first kappa shape index (κ1) is 17.3. The van der Waals surface area contributed by atoms with Gasteiger partial charge in [-0.1, -0.05) is 23.2 Å². The number of rotatable bonds is 4. The Hall–Kier alpha value is -1.49. The first-order chi connectivity index (χ1) is 11.4. The normalized spacial score (nSPS) is 18.1. The lowest BCUT2D eigenvalue weighted by Crippen LogP contribution is -2.36. The van der Waals surface area contributed by atoms with E-state index in [2.05, 4.69) is 16.8 Å². The van der Waals surface area contributed by atoms with E-state index in [-0.39, 0.29) is 5.82 Å². The van der Waals surface area contributed by atoms with E-state index in [4.69, 9.17) is 28.9 Å². The number of likely N-dealkylation sites (N-methyl/N-ethyl adjacent to an activating group) is 1. The molecule has 1 heterocycles. The molecule has 1 atom stereocenters. The van der Waals surface area contributed by atoms with Crippen molar-refractivity contribution in [2.45, 2.75) is 19.0 Å². The first-order valence-corrected chi connectivity index (χ1v) is 8.64. The van der Waals surface area contributed by atoms with Crippen LogP contribution in [0.25, 0.3) is 0 Å². The number of nitrogen functional groups attached to an aromatic ring is 1. The third-order valence-electron chi connectivity index (χ3n) is 4.47. The predicted molar refractivity (Wildman–Crippen MR) is 99.4 cm³/mol. The third kappa shape index (κ3) is 3.77. The third-order valence-corrected chi connectivity index (χ3v) is 5.17. The fourth-order valence-electron chi connectivity index (χ4n) is 3.14. The second kappa shape index (κ2) is 7.18. The zero-order valence-electron chi connectivity index (χ0n) is 13.5. The maximum atomic E-state index is 13.6. The predicted octanol–water partition coefficient (Wildman–Crippen LogP) is 4.43. The van der Waals surface area contributed by atoms with Crippen molar-refractivity contribution >= 4 is 34.6 Å². The van der Waals surface area contributed by atoms with E-state index in [1.807, 2.05) is 12.1 Å². The number of likely N-dealkylation sites (tertiary alicyclic amines) is 1. The Bertz CT molecular complexity index is 738. The quantitative estimate of drug-likeness (QED) is 0.811. The summed E-state index contributed by atoms with van der Waals surface area (Å²) >= 11 is 12.5. The molecule has 3 rings (SSSR count). The summed E-state index contributed by atoms with van der Waals surface area (Å²) in [4.78, 5) is 4.51. The smallest absolute Gasteiger partial charge is 0.123 e. The summed E-state index contributed by atoms with van der Waals surface area (Å²) in [5.74, 6) is -0.284. The van der Waals surface area contributed by atoms with Crippen molar-refractivity contribution < 1.29 is 4.39 Å². The van der Waals surface area contributed by atoms with Gasteiger partial charge in [0.05, 0.1) is 10.7 Å². The fraction of sp³-hybridized carbons (Fsp3) is 0.333. The minimum Gasteiger partial charge on any atom is -0.398 e. The van der Waals surface area contributed by atoms with Crippen LogP contribution in [0.1, 0.15) is 12.0 Å². The van der Waals surface area contributed by atoms with Crippen LogP contribution in [-0.4, -0.2) is 31.1 Å². The molecule has 24 heavy (non-hydrogen) atoms. The Morgan fingerprint density at radius 2 is 2.00 bits per heavy atom. The maximum Gasteiger partial charge on any atom is 0.123 e. The van der Waals surface area contributed by atoms with Crippen molar-refractivity contribution in [3.8, 4) is 0 Å². The van der Waals surface area contributed by atoms with Gasteiger partial charge >= 0.3 is 0 Å². The Labute approximate surface area is 151 Å². The molecule has 1 saturated heterocycles. The van der Waals surface area contributed by atoms with Crippen molar-refractivity contribution in [3.05, 3.63) is 57.8 Å². The molecule has 2 aromatic carbocycles. The molecule has 1 fully saturated rings. The summed E-state index contributed by atoms with van der Waals surface area (Å²) in [7, 11) is 2.10. The molecule has 0 radical (unpaired) electrons. The monoisotopic (exact) mass is 367 g/mol. The topological polar surface area (TPSA) is 32.5 Å². The highest BCUT2D eigenvalue weighted by molar-refractivity contribution is 6.33. The number of nitrogens with two attached hydrogens (primary N) is 1. The molecule has 0 spiro atoms. The maximum absolute atomic E-state index is 13.6. The lowest BCUT2D eigenvalue weighted by atomic mass is 10.1. The number of anilines is 2. The molecular formula is C18H20Cl2FN3. The van der Waals surface area contributed by atoms with Gasteiger partial charge in [0, 0.05) is 29.8 Å². The zero-order chi connectivity index (χ0) is 17.3. The highest BCUT2D eigenvalue weighted by Crippen LogP contribution is 2.31. The van der Waals surface area contributed by atoms with Crippen LogP contribution in [-0.2, 0) is 6.54 Å². The molecule has 0 aliphatic carbocycles. The Morgan fingerprint density at radius 3 is 2.67 bits per heavy atom. The van der Waals surface area contributed by atoms with E-state index >= 15 is 0 Å². The van der Waals surface area contributed by atoms with Crippen LogP contribution in [0.5, 0.6) is 0 Å². The van der Waals surface area contributed by atoms with Gasteiger partial charge in [0.2, 0.25) is 0 Å². The minimum atomic E-state index is -0.284. The second-order valence-corrected chi connectivity index (χ2v) is 7.09. The van der Waals surface area contributed by atoms with Crippen LogP contribution < -0.4 is 10.6 Å². The molecule has 0 aromatic heterocycles. The van der Waals surface area contributed by atoms with E-state index in [0.717, 1.165) is 30.8 Å². The molecule has 0 saturated carbocycles. The van der Waals surface area contributed by atoms with Gasteiger partial charge in [-0.15, -0.1) is 0 Å². The second-order valence-electron chi connectivity index (χ2n) is 6.27. The molecule has 1 unspecified atom stereocenters. The summed E-state index contributed by atoms with van der Waals surface area (Å²) < 4.78 is 13.6. The summed E-state index contributed by atoms with van der Waals surface area (Å²) in [5.41, 5.74) is 8.11. The van der Waals surface area contributed by atoms with Gasteiger partial charge < -0.3 is 15.5 Å². The summed E-state index contributed by atoms with van der Waals surface area (Å²) in [5, 5.41) is 1.09. The van der Waals surface area contributed by atoms with Crippen molar-refractivity contribution in [1.29, 1.82) is 0 Å². The van der Waals surface area contributed by atoms with Gasteiger partial charge in [-0.3, -0.25) is 0 Å². The number of halogens is 3. The van der Waals surface area contributed by atoms with Gasteiger partial charge in [-0.2, -0.15) is 0 Å². The summed E-state index contributed by atoms with van der Waals surface area (Å²) in [6, 6.07) is 10.4. The largest absolute Gasteiger partial charge is 0.398 e. The minimum absolute atomic E-state index is 0.284. The molecule has 128 valence electrons. The van der Waals surface area contributed by atoms with Gasteiger partial charge in [-0.25, -0.2) is 4.39 Å². The van der Waals surface area contributed by atoms with E-state index in [9.17, 15) is 4.39 Å². The van der Waals surface area contributed by atoms with E-state index < -0.39 is 0 Å². The van der Waals surface area contributed by atoms with E-state index in [1.54, 1.807) is 12.1 Å². The highest BCUT2D eigenvalue weighted by Gasteiger charge is 2.27. The van der Waals surface area contributed by atoms with E-state index in [0.29, 0.717) is 28.3 Å². The number of hydrogen-bond donors (Lipinski definition) is 1. The molecule has 2 N–H and O–H groups in total. The molecular weight excluding hydrogens is 348 g/mol. The fourth-order valence-corrected chi connectivity index (χ4v) is 3.49. The van der Waals surface area contributed by atoms with Crippen LogP contribution in [0.3, 0.4) is 0 Å². The van der Waals surface area contributed by atoms with Gasteiger partial charge in [0.25, 0.3) is 0 Å². The van der Waals surface area contributed by atoms with E-state index in [1.165, 1.54) is 12.1 Å². The molecule has 0 amide bonds. The van der Waals surface area contributed by atoms with Crippen molar-refractivity contribution in [3.63, 3.8) is 0 Å². The van der Waals surface area contributed by atoms with Crippen LogP contribution in [0, 0.1) is 5.82 Å². The lowest BCUT2D eigenvalue weighted by molar-refractivity contribution is 0.407. The van der Waals surface area contributed by atoms with Crippen LogP contribution in [0.15, 0.2) is 36.4 Å². The van der Waals surface area contributed by atoms with Crippen LogP contribution in [0.2, 0.25) is 10.0 Å². The molecule has 6 heteroatoms. The average molecular weight is 368 g/mol. The van der Waals surface area contributed by atoms with Crippen molar-refractivity contribution in [2.24, 2.45) is 0 Å². The molecule has 0 bridgehead atoms. The summed E-state index contributed by atoms with van der Waals surface area (Å²) in [6.45, 7) is 2.49. The Kier molecular flexibility index (Phi) is 5.18. The molecule has 2 aromatic rings. The number of nitrogens with zero attached hydrogens (tertiary/aromatic N) is 2. The highest BCUT2D eigenvalue weighted by atomic mass is 35.5. The van der Waals surface area contributed by atoms with Crippen molar-refractivity contribution in [1.82, 2.24) is 4.90 Å². The van der Waals surface area contributed by atoms with Crippen LogP contribution in [0.4, 0.5) is 15.8 Å². The molecule has 1 aliphatic heterocycles. The van der Waals surface area contributed by atoms with Gasteiger partial charge in [0.15, 0.2) is 0 Å². The van der Waals surface area contributed by atoms with Crippen molar-refractivity contribution in [2.75, 3.05) is 30.8 Å². The lowest BCUT2D eigenvalue weighted by Gasteiger charge is -2.32. The zero-order valence-corrected chi connectivity index (χ0v) is 15.0. The first-order valence-electron chi connectivity index (χ1n) is 7.88. The number of benzene rings is 2. The molecule has 1 aliphatic rings. The average Bonchev–Trinajstić information content (AvgIpc) is 2.97. The number of hydrogen-bond acceptors (Lipinski definition) is 3. The summed E-state index contributed by atoms with van der Waals surface area (Å²) in [6.07, 6.45) is 1.03. The Morgan fingerprint density at radius 1 is 1.21 bits per heavy atom. The molecule has 3 nitrogen and oxygen atoms in total. The SMILES string of the molecule is CN1CCC(N(Cc2cc(F)ccc2Cl)c2ccc(N)c(Cl)c2)C1. The standard InChI is InChI=1S/C18H20Cl2FN3/c1-23-7-6-15(11-23)24(14-3-5-18(22)17(20)9-14)10-12-8-13(21)2-4-16(12)19/h2-5,8-9,15H,6-7,10-11,22H2,1H3. The Balaban J connectivity index is 1.95. The van der Waals surface area contributed by atoms with Gasteiger partial charge in [-0.05, 0) is 62.0 Å². The van der Waals surface area contributed by atoms with Gasteiger partial charge in [0.1, 0.15) is 5.82 Å².